The fraction of sp³-hybridized carbons (Fsp3) is 0.577. The highest BCUT2D eigenvalue weighted by atomic mass is 16.2. The molecule has 0 aliphatic rings. The van der Waals surface area contributed by atoms with E-state index in [-0.39, 0.29) is 11.3 Å². The molecular formula is C26H42N4O. The van der Waals surface area contributed by atoms with Crippen LogP contribution in [0, 0.1) is 0 Å². The lowest BCUT2D eigenvalue weighted by molar-refractivity contribution is -0.122. The maximum absolute atomic E-state index is 12.8. The Morgan fingerprint density at radius 3 is 2.03 bits per heavy atom. The van der Waals surface area contributed by atoms with Crippen LogP contribution in [0.25, 0.3) is 10.8 Å². The smallest absolute Gasteiger partial charge is 0.234 e. The largest absolute Gasteiger partial charge is 0.354 e. The first-order chi connectivity index (χ1) is 14.8. The lowest BCUT2D eigenvalue weighted by Gasteiger charge is -2.38. The van der Waals surface area contributed by atoms with Crippen molar-refractivity contribution in [2.75, 3.05) is 67.5 Å². The zero-order chi connectivity index (χ0) is 22.9. The van der Waals surface area contributed by atoms with E-state index in [0.717, 1.165) is 39.0 Å². The van der Waals surface area contributed by atoms with Crippen LogP contribution in [0.1, 0.15) is 32.3 Å². The summed E-state index contributed by atoms with van der Waals surface area (Å²) in [4.78, 5) is 19.5. The lowest BCUT2D eigenvalue weighted by Crippen LogP contribution is -2.46. The Hall–Kier alpha value is -1.95. The molecule has 0 aromatic heterocycles. The molecule has 31 heavy (non-hydrogen) atoms. The standard InChI is InChI=1S/C26H42N4O/c1-7-30(8-2)20-25(31)27-21-26(16-18-28(3)4,17-19-29(5)6)24-15-11-13-22-12-9-10-14-23(22)24/h9-15H,7-8,16-21H2,1-6H3,(H,27,31). The molecule has 2 rings (SSSR count). The molecule has 0 unspecified atom stereocenters. The van der Waals surface area contributed by atoms with Gasteiger partial charge >= 0.3 is 0 Å². The van der Waals surface area contributed by atoms with Gasteiger partial charge in [0.1, 0.15) is 0 Å². The SMILES string of the molecule is CCN(CC)CC(=O)NCC(CCN(C)C)(CCN(C)C)c1cccc2ccccc12. The minimum atomic E-state index is -0.131. The Bertz CT molecular complexity index is 797. The van der Waals surface area contributed by atoms with Crippen LogP contribution in [-0.2, 0) is 10.2 Å². The minimum absolute atomic E-state index is 0.114. The number of nitrogens with one attached hydrogen (secondary N) is 1. The van der Waals surface area contributed by atoms with Crippen molar-refractivity contribution in [3.8, 4) is 0 Å². The summed E-state index contributed by atoms with van der Waals surface area (Å²) in [5.41, 5.74) is 1.21. The number of nitrogens with zero attached hydrogens (tertiary/aromatic N) is 3. The van der Waals surface area contributed by atoms with E-state index in [9.17, 15) is 4.79 Å². The topological polar surface area (TPSA) is 38.8 Å². The Balaban J connectivity index is 2.43. The van der Waals surface area contributed by atoms with E-state index in [1.54, 1.807) is 0 Å². The third kappa shape index (κ3) is 7.30. The van der Waals surface area contributed by atoms with E-state index in [4.69, 9.17) is 0 Å². The number of hydrogen-bond acceptors (Lipinski definition) is 4. The van der Waals surface area contributed by atoms with Gasteiger partial charge in [-0.05, 0) is 83.5 Å². The molecule has 0 atom stereocenters. The Morgan fingerprint density at radius 1 is 0.871 bits per heavy atom. The summed E-state index contributed by atoms with van der Waals surface area (Å²) in [6, 6.07) is 15.2. The Labute approximate surface area is 189 Å². The summed E-state index contributed by atoms with van der Waals surface area (Å²) in [6.07, 6.45) is 1.99. The molecule has 0 heterocycles. The Kier molecular flexibility index (Phi) is 9.94. The monoisotopic (exact) mass is 426 g/mol. The van der Waals surface area contributed by atoms with Crippen molar-refractivity contribution in [2.24, 2.45) is 0 Å². The summed E-state index contributed by atoms with van der Waals surface area (Å²) < 4.78 is 0. The maximum Gasteiger partial charge on any atom is 0.234 e. The number of carbonyl (C=O) groups excluding carboxylic acids is 1. The number of carbonyl (C=O) groups is 1. The van der Waals surface area contributed by atoms with Crippen molar-refractivity contribution < 1.29 is 4.79 Å². The van der Waals surface area contributed by atoms with Crippen LogP contribution in [0.4, 0.5) is 0 Å². The van der Waals surface area contributed by atoms with Crippen molar-refractivity contribution in [1.29, 1.82) is 0 Å². The van der Waals surface area contributed by atoms with Crippen molar-refractivity contribution in [2.45, 2.75) is 32.1 Å². The van der Waals surface area contributed by atoms with Gasteiger partial charge < -0.3 is 15.1 Å². The van der Waals surface area contributed by atoms with E-state index < -0.39 is 0 Å². The summed E-state index contributed by atoms with van der Waals surface area (Å²) in [5, 5.41) is 5.87. The quantitative estimate of drug-likeness (QED) is 0.533. The van der Waals surface area contributed by atoms with Crippen LogP contribution in [0.5, 0.6) is 0 Å². The first-order valence-electron chi connectivity index (χ1n) is 11.6. The van der Waals surface area contributed by atoms with Crippen molar-refractivity contribution >= 4 is 16.7 Å². The average molecular weight is 427 g/mol. The zero-order valence-corrected chi connectivity index (χ0v) is 20.4. The molecule has 5 nitrogen and oxygen atoms in total. The normalized spacial score (nSPS) is 12.3. The third-order valence-electron chi connectivity index (χ3n) is 6.32. The molecule has 2 aromatic carbocycles. The molecule has 0 fully saturated rings. The molecule has 0 aliphatic heterocycles. The van der Waals surface area contributed by atoms with Gasteiger partial charge in [-0.1, -0.05) is 56.3 Å². The molecular weight excluding hydrogens is 384 g/mol. The highest BCUT2D eigenvalue weighted by molar-refractivity contribution is 5.87. The molecule has 1 N–H and O–H groups in total. The van der Waals surface area contributed by atoms with E-state index in [0.29, 0.717) is 13.1 Å². The van der Waals surface area contributed by atoms with Crippen LogP contribution in [-0.4, -0.2) is 88.1 Å². The summed E-state index contributed by atoms with van der Waals surface area (Å²) in [6.45, 7) is 9.05. The number of rotatable bonds is 13. The summed E-state index contributed by atoms with van der Waals surface area (Å²) in [5.74, 6) is 0.114. The van der Waals surface area contributed by atoms with E-state index in [1.807, 2.05) is 0 Å². The van der Waals surface area contributed by atoms with Gasteiger partial charge in [-0.2, -0.15) is 0 Å². The molecule has 5 heteroatoms. The molecule has 0 spiro atoms. The van der Waals surface area contributed by atoms with Crippen molar-refractivity contribution in [3.63, 3.8) is 0 Å². The number of hydrogen-bond donors (Lipinski definition) is 1. The van der Waals surface area contributed by atoms with Gasteiger partial charge in [0.25, 0.3) is 0 Å². The molecule has 2 aromatic rings. The molecule has 172 valence electrons. The van der Waals surface area contributed by atoms with Gasteiger partial charge in [0.05, 0.1) is 6.54 Å². The fourth-order valence-electron chi connectivity index (χ4n) is 4.20. The average Bonchev–Trinajstić information content (AvgIpc) is 2.76. The van der Waals surface area contributed by atoms with Gasteiger partial charge in [-0.15, -0.1) is 0 Å². The second kappa shape index (κ2) is 12.2. The number of fused-ring (bicyclic) bond motifs is 1. The van der Waals surface area contributed by atoms with Crippen molar-refractivity contribution in [3.05, 3.63) is 48.0 Å². The van der Waals surface area contributed by atoms with E-state index in [1.165, 1.54) is 16.3 Å². The van der Waals surface area contributed by atoms with Crippen LogP contribution in [0.15, 0.2) is 42.5 Å². The lowest BCUT2D eigenvalue weighted by atomic mass is 9.72. The van der Waals surface area contributed by atoms with Crippen molar-refractivity contribution in [1.82, 2.24) is 20.0 Å². The number of amides is 1. The first-order valence-corrected chi connectivity index (χ1v) is 11.6. The molecule has 0 saturated heterocycles. The maximum atomic E-state index is 12.8. The molecule has 0 aliphatic carbocycles. The first kappa shape index (κ1) is 25.3. The van der Waals surface area contributed by atoms with Crippen LogP contribution >= 0.6 is 0 Å². The highest BCUT2D eigenvalue weighted by Crippen LogP contribution is 2.36. The molecule has 0 bridgehead atoms. The second-order valence-electron chi connectivity index (χ2n) is 9.15. The second-order valence-corrected chi connectivity index (χ2v) is 9.15. The van der Waals surface area contributed by atoms with Gasteiger partial charge in [0.2, 0.25) is 5.91 Å². The van der Waals surface area contributed by atoms with Gasteiger partial charge in [0, 0.05) is 12.0 Å². The zero-order valence-electron chi connectivity index (χ0n) is 20.4. The predicted molar refractivity (Wildman–Crippen MR) is 133 cm³/mol. The molecule has 0 radical (unpaired) electrons. The number of likely N-dealkylation sites (N-methyl/N-ethyl adjacent to an activating group) is 1. The van der Waals surface area contributed by atoms with E-state index >= 15 is 0 Å². The summed E-state index contributed by atoms with van der Waals surface area (Å²) >= 11 is 0. The van der Waals surface area contributed by atoms with Gasteiger partial charge in [-0.25, -0.2) is 0 Å². The van der Waals surface area contributed by atoms with Crippen LogP contribution in [0.3, 0.4) is 0 Å². The third-order valence-corrected chi connectivity index (χ3v) is 6.32. The molecule has 1 amide bonds. The highest BCUT2D eigenvalue weighted by Gasteiger charge is 2.34. The fourth-order valence-corrected chi connectivity index (χ4v) is 4.20. The number of benzene rings is 2. The Morgan fingerprint density at radius 2 is 1.45 bits per heavy atom. The van der Waals surface area contributed by atoms with Gasteiger partial charge in [0.15, 0.2) is 0 Å². The molecule has 0 saturated carbocycles. The van der Waals surface area contributed by atoms with Crippen LogP contribution in [0.2, 0.25) is 0 Å². The minimum Gasteiger partial charge on any atom is -0.354 e. The summed E-state index contributed by atoms with van der Waals surface area (Å²) in [7, 11) is 8.50. The predicted octanol–water partition coefficient (Wildman–Crippen LogP) is 3.44. The van der Waals surface area contributed by atoms with Gasteiger partial charge in [-0.3, -0.25) is 9.69 Å². The van der Waals surface area contributed by atoms with Crippen LogP contribution < -0.4 is 5.32 Å². The van der Waals surface area contributed by atoms with E-state index in [2.05, 4.69) is 105 Å².